The summed E-state index contributed by atoms with van der Waals surface area (Å²) in [5.74, 6) is 0.769. The number of nitrogens with one attached hydrogen (secondary N) is 1. The number of sulfonamides is 1. The van der Waals surface area contributed by atoms with E-state index in [1.807, 2.05) is 0 Å². The molecule has 0 amide bonds. The Morgan fingerprint density at radius 3 is 2.47 bits per heavy atom. The van der Waals surface area contributed by atoms with Gasteiger partial charge in [0.25, 0.3) is 0 Å². The molecular weight excluding hydrogens is 260 g/mol. The van der Waals surface area contributed by atoms with Crippen LogP contribution in [0.2, 0.25) is 0 Å². The summed E-state index contributed by atoms with van der Waals surface area (Å²) in [5, 5.41) is 3.33. The maximum atomic E-state index is 12.5. The van der Waals surface area contributed by atoms with E-state index in [2.05, 4.69) is 26.1 Å². The number of hydrogen-bond acceptors (Lipinski definition) is 3. The molecule has 5 heteroatoms. The standard InChI is InChI=1S/C14H28N2O2S/c1-14(2,3)12-7-9-16(10-12)19(17,18)11-13-6-4-5-8-15-13/h12-13,15H,4-11H2,1-3H3. The molecule has 2 saturated heterocycles. The molecule has 0 saturated carbocycles. The fraction of sp³-hybridized carbons (Fsp3) is 1.00. The van der Waals surface area contributed by atoms with E-state index in [1.54, 1.807) is 4.31 Å². The molecule has 2 unspecified atom stereocenters. The summed E-state index contributed by atoms with van der Waals surface area (Å²) >= 11 is 0. The van der Waals surface area contributed by atoms with Gasteiger partial charge in [0.1, 0.15) is 0 Å². The first-order valence-electron chi connectivity index (χ1n) is 7.50. The second-order valence-electron chi connectivity index (χ2n) is 7.14. The van der Waals surface area contributed by atoms with Gasteiger partial charge < -0.3 is 5.32 Å². The van der Waals surface area contributed by atoms with Crippen LogP contribution in [0.1, 0.15) is 46.5 Å². The average molecular weight is 288 g/mol. The first kappa shape index (κ1) is 15.3. The Morgan fingerprint density at radius 1 is 1.21 bits per heavy atom. The first-order chi connectivity index (χ1) is 8.79. The zero-order valence-corrected chi connectivity index (χ0v) is 13.3. The lowest BCUT2D eigenvalue weighted by atomic mass is 9.80. The molecule has 0 radical (unpaired) electrons. The number of hydrogen-bond donors (Lipinski definition) is 1. The minimum atomic E-state index is -3.08. The minimum absolute atomic E-state index is 0.160. The minimum Gasteiger partial charge on any atom is -0.313 e. The normalized spacial score (nSPS) is 30.7. The smallest absolute Gasteiger partial charge is 0.215 e. The van der Waals surface area contributed by atoms with Gasteiger partial charge >= 0.3 is 0 Å². The molecule has 0 bridgehead atoms. The molecule has 19 heavy (non-hydrogen) atoms. The van der Waals surface area contributed by atoms with E-state index in [-0.39, 0.29) is 17.2 Å². The lowest BCUT2D eigenvalue weighted by Gasteiger charge is -2.28. The van der Waals surface area contributed by atoms with Crippen LogP contribution in [-0.2, 0) is 10.0 Å². The van der Waals surface area contributed by atoms with Crippen LogP contribution in [0.4, 0.5) is 0 Å². The largest absolute Gasteiger partial charge is 0.313 e. The van der Waals surface area contributed by atoms with Crippen molar-refractivity contribution in [2.75, 3.05) is 25.4 Å². The molecular formula is C14H28N2O2S. The Balaban J connectivity index is 1.93. The van der Waals surface area contributed by atoms with Crippen molar-refractivity contribution in [3.05, 3.63) is 0 Å². The van der Waals surface area contributed by atoms with Crippen LogP contribution in [0.5, 0.6) is 0 Å². The summed E-state index contributed by atoms with van der Waals surface area (Å²) < 4.78 is 26.6. The average Bonchev–Trinajstić information content (AvgIpc) is 2.79. The maximum absolute atomic E-state index is 12.5. The van der Waals surface area contributed by atoms with E-state index in [0.29, 0.717) is 19.0 Å². The van der Waals surface area contributed by atoms with Crippen molar-refractivity contribution in [1.82, 2.24) is 9.62 Å². The fourth-order valence-corrected chi connectivity index (χ4v) is 4.91. The van der Waals surface area contributed by atoms with Crippen LogP contribution in [0.25, 0.3) is 0 Å². The van der Waals surface area contributed by atoms with Gasteiger partial charge in [-0.25, -0.2) is 12.7 Å². The molecule has 2 aliphatic rings. The van der Waals surface area contributed by atoms with Crippen molar-refractivity contribution >= 4 is 10.0 Å². The van der Waals surface area contributed by atoms with Gasteiger partial charge in [-0.15, -0.1) is 0 Å². The van der Waals surface area contributed by atoms with Crippen molar-refractivity contribution < 1.29 is 8.42 Å². The zero-order valence-electron chi connectivity index (χ0n) is 12.5. The zero-order chi connectivity index (χ0) is 14.1. The monoisotopic (exact) mass is 288 g/mol. The van der Waals surface area contributed by atoms with Gasteiger partial charge in [-0.2, -0.15) is 0 Å². The fourth-order valence-electron chi connectivity index (χ4n) is 3.11. The van der Waals surface area contributed by atoms with Crippen LogP contribution < -0.4 is 5.32 Å². The topological polar surface area (TPSA) is 49.4 Å². The summed E-state index contributed by atoms with van der Waals surface area (Å²) in [7, 11) is -3.08. The summed E-state index contributed by atoms with van der Waals surface area (Å²) in [6.07, 6.45) is 4.32. The van der Waals surface area contributed by atoms with Gasteiger partial charge in [-0.05, 0) is 37.1 Å². The van der Waals surface area contributed by atoms with Crippen molar-refractivity contribution in [3.63, 3.8) is 0 Å². The second kappa shape index (κ2) is 5.70. The van der Waals surface area contributed by atoms with E-state index in [4.69, 9.17) is 0 Å². The van der Waals surface area contributed by atoms with E-state index < -0.39 is 10.0 Å². The highest BCUT2D eigenvalue weighted by Gasteiger charge is 2.37. The Bertz CT molecular complexity index is 394. The third-order valence-electron chi connectivity index (χ3n) is 4.59. The first-order valence-corrected chi connectivity index (χ1v) is 9.11. The van der Waals surface area contributed by atoms with Crippen LogP contribution in [0, 0.1) is 11.3 Å². The third kappa shape index (κ3) is 3.92. The highest BCUT2D eigenvalue weighted by molar-refractivity contribution is 7.89. The predicted octanol–water partition coefficient (Wildman–Crippen LogP) is 1.83. The molecule has 0 aromatic rings. The summed E-state index contributed by atoms with van der Waals surface area (Å²) in [6, 6.07) is 0.160. The lowest BCUT2D eigenvalue weighted by Crippen LogP contribution is -2.43. The van der Waals surface area contributed by atoms with Crippen molar-refractivity contribution in [3.8, 4) is 0 Å². The van der Waals surface area contributed by atoms with Crippen molar-refractivity contribution in [2.45, 2.75) is 52.5 Å². The van der Waals surface area contributed by atoms with E-state index in [1.165, 1.54) is 6.42 Å². The molecule has 2 fully saturated rings. The highest BCUT2D eigenvalue weighted by atomic mass is 32.2. The Kier molecular flexibility index (Phi) is 4.58. The number of nitrogens with zero attached hydrogens (tertiary/aromatic N) is 1. The molecule has 2 atom stereocenters. The number of piperidine rings is 1. The summed E-state index contributed by atoms with van der Waals surface area (Å²) in [6.45, 7) is 8.99. The van der Waals surface area contributed by atoms with Crippen LogP contribution in [-0.4, -0.2) is 44.2 Å². The van der Waals surface area contributed by atoms with Crippen molar-refractivity contribution in [1.29, 1.82) is 0 Å². The summed E-state index contributed by atoms with van der Waals surface area (Å²) in [4.78, 5) is 0. The van der Waals surface area contributed by atoms with Gasteiger partial charge in [-0.1, -0.05) is 27.2 Å². The number of rotatable bonds is 3. The van der Waals surface area contributed by atoms with E-state index in [0.717, 1.165) is 25.8 Å². The molecule has 0 spiro atoms. The van der Waals surface area contributed by atoms with Crippen LogP contribution >= 0.6 is 0 Å². The lowest BCUT2D eigenvalue weighted by molar-refractivity contribution is 0.251. The highest BCUT2D eigenvalue weighted by Crippen LogP contribution is 2.34. The molecule has 0 aliphatic carbocycles. The van der Waals surface area contributed by atoms with Gasteiger partial charge in [-0.3, -0.25) is 0 Å². The molecule has 2 aliphatic heterocycles. The van der Waals surface area contributed by atoms with Crippen LogP contribution in [0.15, 0.2) is 0 Å². The van der Waals surface area contributed by atoms with E-state index in [9.17, 15) is 8.42 Å². The van der Waals surface area contributed by atoms with Gasteiger partial charge in [0.05, 0.1) is 5.75 Å². The molecule has 0 aromatic heterocycles. The maximum Gasteiger partial charge on any atom is 0.215 e. The van der Waals surface area contributed by atoms with Gasteiger partial charge in [0.15, 0.2) is 0 Å². The Labute approximate surface area is 118 Å². The predicted molar refractivity (Wildman–Crippen MR) is 78.6 cm³/mol. The molecule has 2 rings (SSSR count). The van der Waals surface area contributed by atoms with Crippen molar-refractivity contribution in [2.24, 2.45) is 11.3 Å². The van der Waals surface area contributed by atoms with Gasteiger partial charge in [0, 0.05) is 19.1 Å². The Morgan fingerprint density at radius 2 is 1.95 bits per heavy atom. The molecule has 0 aromatic carbocycles. The third-order valence-corrected chi connectivity index (χ3v) is 6.54. The molecule has 2 heterocycles. The Hall–Kier alpha value is -0.130. The molecule has 112 valence electrons. The molecule has 4 nitrogen and oxygen atoms in total. The summed E-state index contributed by atoms with van der Waals surface area (Å²) in [5.41, 5.74) is 0.202. The van der Waals surface area contributed by atoms with Gasteiger partial charge in [0.2, 0.25) is 10.0 Å². The quantitative estimate of drug-likeness (QED) is 0.862. The van der Waals surface area contributed by atoms with Crippen LogP contribution in [0.3, 0.4) is 0 Å². The van der Waals surface area contributed by atoms with E-state index >= 15 is 0 Å². The SMILES string of the molecule is CC(C)(C)C1CCN(S(=O)(=O)CC2CCCCN2)C1. The second-order valence-corrected chi connectivity index (χ2v) is 9.15. The molecule has 1 N–H and O–H groups in total.